The number of hydrazine groups is 1. The average Bonchev–Trinajstić information content (AvgIpc) is 2.89. The lowest BCUT2D eigenvalue weighted by molar-refractivity contribution is -0.143. The van der Waals surface area contributed by atoms with Crippen LogP contribution in [0.5, 0.6) is 0 Å². The fraction of sp³-hybridized carbons (Fsp3) is 0.345. The molecule has 2 aromatic carbocycles. The molecule has 1 aromatic heterocycles. The monoisotopic (exact) mass is 598 g/mol. The number of halogens is 7. The number of nitrogens with zero attached hydrogens (tertiary/aromatic N) is 3. The smallest absolute Gasteiger partial charge is 0.313 e. The number of alkyl halides is 6. The second-order valence-electron chi connectivity index (χ2n) is 10.4. The number of hydrogen-bond acceptors (Lipinski definition) is 5. The SMILES string of the molecule is CC(=O)CCN(N)c1cc(-c2ccc(F)cc2C)c(N(C)C(=O)C(C)(C)c2cc(C(F)(F)F)cc(C(F)(F)F)c2)cn1. The predicted molar refractivity (Wildman–Crippen MR) is 144 cm³/mol. The number of benzene rings is 2. The summed E-state index contributed by atoms with van der Waals surface area (Å²) in [4.78, 5) is 30.6. The van der Waals surface area contributed by atoms with Crippen LogP contribution in [0.3, 0.4) is 0 Å². The van der Waals surface area contributed by atoms with E-state index in [9.17, 15) is 40.3 Å². The third kappa shape index (κ3) is 7.07. The van der Waals surface area contributed by atoms with Crippen LogP contribution in [-0.4, -0.2) is 30.3 Å². The molecule has 0 aliphatic heterocycles. The van der Waals surface area contributed by atoms with Crippen LogP contribution in [-0.2, 0) is 27.4 Å². The second kappa shape index (κ2) is 11.7. The van der Waals surface area contributed by atoms with Crippen LogP contribution >= 0.6 is 0 Å². The van der Waals surface area contributed by atoms with Gasteiger partial charge in [0, 0.05) is 25.6 Å². The van der Waals surface area contributed by atoms with E-state index in [1.165, 1.54) is 63.3 Å². The maximum Gasteiger partial charge on any atom is 0.416 e. The van der Waals surface area contributed by atoms with E-state index in [4.69, 9.17) is 5.84 Å². The molecule has 0 spiro atoms. The Morgan fingerprint density at radius 3 is 1.93 bits per heavy atom. The Bertz CT molecular complexity index is 1470. The quantitative estimate of drug-likeness (QED) is 0.175. The van der Waals surface area contributed by atoms with Crippen LogP contribution < -0.4 is 15.8 Å². The fourth-order valence-corrected chi connectivity index (χ4v) is 4.37. The normalized spacial score (nSPS) is 12.3. The topological polar surface area (TPSA) is 79.5 Å². The maximum atomic E-state index is 13.9. The third-order valence-electron chi connectivity index (χ3n) is 6.86. The molecule has 0 saturated carbocycles. The van der Waals surface area contributed by atoms with Gasteiger partial charge < -0.3 is 4.90 Å². The first kappa shape index (κ1) is 32.5. The Labute approximate surface area is 237 Å². The van der Waals surface area contributed by atoms with Gasteiger partial charge in [-0.15, -0.1) is 0 Å². The van der Waals surface area contributed by atoms with E-state index in [1.807, 2.05) is 0 Å². The Morgan fingerprint density at radius 1 is 0.881 bits per heavy atom. The molecular weight excluding hydrogens is 569 g/mol. The van der Waals surface area contributed by atoms with Gasteiger partial charge in [0.1, 0.15) is 17.4 Å². The molecule has 0 atom stereocenters. The third-order valence-corrected chi connectivity index (χ3v) is 6.86. The number of aryl methyl sites for hydroxylation is 1. The number of likely N-dealkylation sites (N-methyl/N-ethyl adjacent to an activating group) is 1. The van der Waals surface area contributed by atoms with Crippen molar-refractivity contribution in [2.75, 3.05) is 23.5 Å². The standard InChI is InChI=1S/C29H29F7N4O2/c1-16-10-21(30)6-7-22(16)23-14-25(40(37)9-8-17(2)41)38-15-24(23)39(5)26(42)27(3,4)18-11-19(28(31,32)33)13-20(12-18)29(34,35)36/h6-7,10-15H,8-9,37H2,1-5H3. The van der Waals surface area contributed by atoms with Gasteiger partial charge in [-0.3, -0.25) is 14.6 Å². The van der Waals surface area contributed by atoms with Gasteiger partial charge in [-0.05, 0) is 80.8 Å². The Kier molecular flexibility index (Phi) is 9.06. The molecule has 1 amide bonds. The zero-order valence-corrected chi connectivity index (χ0v) is 23.4. The fourth-order valence-electron chi connectivity index (χ4n) is 4.37. The van der Waals surface area contributed by atoms with Crippen LogP contribution in [0.2, 0.25) is 0 Å². The highest BCUT2D eigenvalue weighted by molar-refractivity contribution is 6.03. The van der Waals surface area contributed by atoms with Crippen LogP contribution in [0.1, 0.15) is 49.4 Å². The van der Waals surface area contributed by atoms with Crippen LogP contribution in [0.4, 0.5) is 42.2 Å². The van der Waals surface area contributed by atoms with Gasteiger partial charge in [0.05, 0.1) is 28.4 Å². The lowest BCUT2D eigenvalue weighted by Gasteiger charge is -2.32. The molecule has 0 radical (unpaired) electrons. The molecule has 0 aliphatic rings. The van der Waals surface area contributed by atoms with E-state index in [-0.39, 0.29) is 36.3 Å². The molecule has 13 heteroatoms. The molecule has 226 valence electrons. The van der Waals surface area contributed by atoms with Crippen molar-refractivity contribution in [1.82, 2.24) is 4.98 Å². The lowest BCUT2D eigenvalue weighted by atomic mass is 9.81. The zero-order valence-electron chi connectivity index (χ0n) is 23.4. The van der Waals surface area contributed by atoms with E-state index in [1.54, 1.807) is 6.92 Å². The molecule has 0 unspecified atom stereocenters. The minimum absolute atomic E-state index is 0.00346. The van der Waals surface area contributed by atoms with Gasteiger partial charge in [0.25, 0.3) is 0 Å². The average molecular weight is 599 g/mol. The van der Waals surface area contributed by atoms with Crippen molar-refractivity contribution in [1.29, 1.82) is 0 Å². The lowest BCUT2D eigenvalue weighted by Crippen LogP contribution is -2.42. The highest BCUT2D eigenvalue weighted by Gasteiger charge is 2.41. The highest BCUT2D eigenvalue weighted by atomic mass is 19.4. The Morgan fingerprint density at radius 2 is 1.43 bits per heavy atom. The van der Waals surface area contributed by atoms with Crippen molar-refractivity contribution in [3.8, 4) is 11.1 Å². The molecule has 0 fully saturated rings. The summed E-state index contributed by atoms with van der Waals surface area (Å²) in [7, 11) is 1.30. The van der Waals surface area contributed by atoms with Crippen molar-refractivity contribution in [2.24, 2.45) is 5.84 Å². The minimum atomic E-state index is -5.09. The largest absolute Gasteiger partial charge is 0.416 e. The number of Topliss-reactive ketones (excluding diaryl/α,β-unsaturated/α-hetero) is 1. The number of rotatable bonds is 8. The first-order valence-electron chi connectivity index (χ1n) is 12.6. The van der Waals surface area contributed by atoms with Crippen molar-refractivity contribution in [3.05, 3.63) is 76.7 Å². The van der Waals surface area contributed by atoms with E-state index >= 15 is 0 Å². The predicted octanol–water partition coefficient (Wildman–Crippen LogP) is 6.83. The van der Waals surface area contributed by atoms with Crippen molar-refractivity contribution < 1.29 is 40.3 Å². The molecule has 3 aromatic rings. The van der Waals surface area contributed by atoms with Gasteiger partial charge >= 0.3 is 12.4 Å². The van der Waals surface area contributed by atoms with Gasteiger partial charge in [-0.1, -0.05) is 6.07 Å². The molecule has 42 heavy (non-hydrogen) atoms. The Hall–Kier alpha value is -4.00. The van der Waals surface area contributed by atoms with Gasteiger partial charge in [-0.2, -0.15) is 26.3 Å². The summed E-state index contributed by atoms with van der Waals surface area (Å²) in [5.41, 5.74) is -4.05. The summed E-state index contributed by atoms with van der Waals surface area (Å²) in [6.45, 7) is 5.56. The first-order valence-corrected chi connectivity index (χ1v) is 12.6. The summed E-state index contributed by atoms with van der Waals surface area (Å²) in [6.07, 6.45) is -8.80. The summed E-state index contributed by atoms with van der Waals surface area (Å²) < 4.78 is 95.1. The molecule has 3 rings (SSSR count). The van der Waals surface area contributed by atoms with Crippen LogP contribution in [0, 0.1) is 12.7 Å². The summed E-state index contributed by atoms with van der Waals surface area (Å²) >= 11 is 0. The Balaban J connectivity index is 2.15. The number of aromatic nitrogens is 1. The number of nitrogens with two attached hydrogens (primary N) is 1. The summed E-state index contributed by atoms with van der Waals surface area (Å²) in [5, 5.41) is 1.21. The van der Waals surface area contributed by atoms with Crippen molar-refractivity contribution >= 4 is 23.2 Å². The zero-order chi connectivity index (χ0) is 31.8. The molecule has 1 heterocycles. The molecule has 6 nitrogen and oxygen atoms in total. The van der Waals surface area contributed by atoms with Gasteiger partial charge in [0.15, 0.2) is 0 Å². The van der Waals surface area contributed by atoms with Gasteiger partial charge in [-0.25, -0.2) is 15.2 Å². The molecule has 2 N–H and O–H groups in total. The van der Waals surface area contributed by atoms with E-state index < -0.39 is 46.2 Å². The molecular formula is C29H29F7N4O2. The summed E-state index contributed by atoms with van der Waals surface area (Å²) in [6, 6.07) is 6.44. The molecule has 0 bridgehead atoms. The van der Waals surface area contributed by atoms with Crippen molar-refractivity contribution in [3.63, 3.8) is 0 Å². The number of carbonyl (C=O) groups is 2. The van der Waals surface area contributed by atoms with Crippen LogP contribution in [0.15, 0.2) is 48.7 Å². The van der Waals surface area contributed by atoms with E-state index in [2.05, 4.69) is 4.98 Å². The number of carbonyl (C=O) groups excluding carboxylic acids is 2. The van der Waals surface area contributed by atoms with Crippen LogP contribution in [0.25, 0.3) is 11.1 Å². The number of pyridine rings is 1. The van der Waals surface area contributed by atoms with E-state index in [0.717, 1.165) is 4.90 Å². The number of amides is 1. The number of hydrogen-bond donors (Lipinski definition) is 1. The number of anilines is 2. The summed E-state index contributed by atoms with van der Waals surface area (Å²) in [5.74, 6) is 4.79. The van der Waals surface area contributed by atoms with Gasteiger partial charge in [0.2, 0.25) is 5.91 Å². The molecule has 0 saturated heterocycles. The highest BCUT2D eigenvalue weighted by Crippen LogP contribution is 2.41. The second-order valence-corrected chi connectivity index (χ2v) is 10.4. The minimum Gasteiger partial charge on any atom is -0.313 e. The van der Waals surface area contributed by atoms with Crippen molar-refractivity contribution in [2.45, 2.75) is 51.9 Å². The first-order chi connectivity index (χ1) is 19.2. The maximum absolute atomic E-state index is 13.9. The van der Waals surface area contributed by atoms with E-state index in [0.29, 0.717) is 28.8 Å². The number of ketones is 1. The molecule has 0 aliphatic carbocycles.